The zero-order valence-corrected chi connectivity index (χ0v) is 13.4. The number of halogens is 2. The number of benzene rings is 2. The lowest BCUT2D eigenvalue weighted by Gasteiger charge is -2.18. The highest BCUT2D eigenvalue weighted by molar-refractivity contribution is 5.85. The number of ether oxygens (including phenoxy) is 1. The second kappa shape index (κ2) is 6.14. The maximum Gasteiger partial charge on any atom is 0.149 e. The van der Waals surface area contributed by atoms with Crippen molar-refractivity contribution in [1.29, 1.82) is 0 Å². The minimum atomic E-state index is -0.287. The third-order valence-electron chi connectivity index (χ3n) is 4.04. The third kappa shape index (κ3) is 2.64. The largest absolute Gasteiger partial charge is 0.497 e. The lowest BCUT2D eigenvalue weighted by molar-refractivity contribution is 0.415. The van der Waals surface area contributed by atoms with Gasteiger partial charge >= 0.3 is 0 Å². The maximum absolute atomic E-state index is 14.5. The molecule has 2 aromatic carbocycles. The predicted molar refractivity (Wildman–Crippen MR) is 88.0 cm³/mol. The van der Waals surface area contributed by atoms with Crippen molar-refractivity contribution in [2.75, 3.05) is 13.7 Å². The Morgan fingerprint density at radius 1 is 1.22 bits per heavy atom. The fourth-order valence-electron chi connectivity index (χ4n) is 2.86. The van der Waals surface area contributed by atoms with Gasteiger partial charge in [0, 0.05) is 12.6 Å². The Balaban J connectivity index is 0.00000156. The van der Waals surface area contributed by atoms with E-state index < -0.39 is 0 Å². The van der Waals surface area contributed by atoms with Gasteiger partial charge in [-0.3, -0.25) is 0 Å². The molecule has 0 radical (unpaired) electrons. The van der Waals surface area contributed by atoms with E-state index in [2.05, 4.69) is 15.6 Å². The number of aromatic nitrogens is 3. The molecule has 0 fully saturated rings. The van der Waals surface area contributed by atoms with Crippen LogP contribution in [0.4, 0.5) is 4.39 Å². The van der Waals surface area contributed by atoms with Crippen molar-refractivity contribution in [1.82, 2.24) is 20.3 Å². The molecule has 23 heavy (non-hydrogen) atoms. The van der Waals surface area contributed by atoms with Crippen LogP contribution in [0.2, 0.25) is 0 Å². The standard InChI is InChI=1S/C16H15FN4O.ClH/c1-22-12-2-3-15-14(8-12)19-20-21(15)16-7-10-4-5-18-9-11(10)6-13(16)17;/h2-3,6-8,18H,4-5,9H2,1H3;1H. The quantitative estimate of drug-likeness (QED) is 0.783. The van der Waals surface area contributed by atoms with Crippen LogP contribution in [0, 0.1) is 5.82 Å². The van der Waals surface area contributed by atoms with Crippen LogP contribution in [0.3, 0.4) is 0 Å². The number of rotatable bonds is 2. The molecule has 0 amide bonds. The van der Waals surface area contributed by atoms with Crippen LogP contribution in [-0.4, -0.2) is 28.6 Å². The third-order valence-corrected chi connectivity index (χ3v) is 4.04. The van der Waals surface area contributed by atoms with E-state index in [-0.39, 0.29) is 18.2 Å². The molecule has 0 saturated heterocycles. The number of hydrogen-bond donors (Lipinski definition) is 1. The van der Waals surface area contributed by atoms with Gasteiger partial charge in [-0.25, -0.2) is 9.07 Å². The average Bonchev–Trinajstić information content (AvgIpc) is 2.97. The molecule has 0 aliphatic carbocycles. The molecule has 1 N–H and O–H groups in total. The maximum atomic E-state index is 14.5. The summed E-state index contributed by atoms with van der Waals surface area (Å²) in [6, 6.07) is 8.92. The van der Waals surface area contributed by atoms with Crippen LogP contribution in [0.5, 0.6) is 5.75 Å². The fourth-order valence-corrected chi connectivity index (χ4v) is 2.86. The fraction of sp³-hybridized carbons (Fsp3) is 0.250. The Morgan fingerprint density at radius 3 is 2.91 bits per heavy atom. The zero-order chi connectivity index (χ0) is 15.1. The van der Waals surface area contributed by atoms with Crippen molar-refractivity contribution in [3.63, 3.8) is 0 Å². The molecular formula is C16H16ClFN4O. The minimum absolute atomic E-state index is 0. The first-order valence-electron chi connectivity index (χ1n) is 7.18. The predicted octanol–water partition coefficient (Wildman–Crippen LogP) is 2.64. The second-order valence-electron chi connectivity index (χ2n) is 5.35. The van der Waals surface area contributed by atoms with Crippen molar-refractivity contribution < 1.29 is 9.13 Å². The smallest absolute Gasteiger partial charge is 0.149 e. The number of fused-ring (bicyclic) bond motifs is 2. The summed E-state index contributed by atoms with van der Waals surface area (Å²) in [5.74, 6) is 0.418. The summed E-state index contributed by atoms with van der Waals surface area (Å²) < 4.78 is 21.2. The van der Waals surface area contributed by atoms with E-state index in [1.54, 1.807) is 23.9 Å². The highest BCUT2D eigenvalue weighted by Gasteiger charge is 2.17. The van der Waals surface area contributed by atoms with E-state index in [1.807, 2.05) is 18.2 Å². The van der Waals surface area contributed by atoms with Crippen molar-refractivity contribution in [2.24, 2.45) is 0 Å². The van der Waals surface area contributed by atoms with Gasteiger partial charge in [-0.05, 0) is 48.4 Å². The van der Waals surface area contributed by atoms with Gasteiger partial charge in [0.25, 0.3) is 0 Å². The summed E-state index contributed by atoms with van der Waals surface area (Å²) in [5, 5.41) is 11.5. The molecule has 4 rings (SSSR count). The molecule has 120 valence electrons. The van der Waals surface area contributed by atoms with Gasteiger partial charge in [0.15, 0.2) is 0 Å². The summed E-state index contributed by atoms with van der Waals surface area (Å²) >= 11 is 0. The first-order valence-corrected chi connectivity index (χ1v) is 7.18. The molecular weight excluding hydrogens is 319 g/mol. The average molecular weight is 335 g/mol. The van der Waals surface area contributed by atoms with Crippen LogP contribution >= 0.6 is 12.4 Å². The van der Waals surface area contributed by atoms with Gasteiger partial charge < -0.3 is 10.1 Å². The van der Waals surface area contributed by atoms with Gasteiger partial charge in [0.2, 0.25) is 0 Å². The molecule has 5 nitrogen and oxygen atoms in total. The zero-order valence-electron chi connectivity index (χ0n) is 12.5. The molecule has 3 aromatic rings. The highest BCUT2D eigenvalue weighted by atomic mass is 35.5. The summed E-state index contributed by atoms with van der Waals surface area (Å²) in [6.45, 7) is 1.62. The van der Waals surface area contributed by atoms with E-state index >= 15 is 0 Å². The number of hydrogen-bond acceptors (Lipinski definition) is 4. The molecule has 7 heteroatoms. The van der Waals surface area contributed by atoms with E-state index in [0.717, 1.165) is 29.6 Å². The number of methoxy groups -OCH3 is 1. The molecule has 0 atom stereocenters. The molecule has 1 aliphatic rings. The van der Waals surface area contributed by atoms with Gasteiger partial charge in [-0.1, -0.05) is 5.21 Å². The minimum Gasteiger partial charge on any atom is -0.497 e. The van der Waals surface area contributed by atoms with Crippen LogP contribution in [-0.2, 0) is 13.0 Å². The number of nitrogens with zero attached hydrogens (tertiary/aromatic N) is 3. The first-order chi connectivity index (χ1) is 10.8. The highest BCUT2D eigenvalue weighted by Crippen LogP contribution is 2.25. The van der Waals surface area contributed by atoms with Crippen LogP contribution < -0.4 is 10.1 Å². The van der Waals surface area contributed by atoms with E-state index in [1.165, 1.54) is 0 Å². The molecule has 0 unspecified atom stereocenters. The summed E-state index contributed by atoms with van der Waals surface area (Å²) in [6.07, 6.45) is 0.892. The first kappa shape index (κ1) is 15.7. The van der Waals surface area contributed by atoms with E-state index in [9.17, 15) is 4.39 Å². The van der Waals surface area contributed by atoms with Crippen molar-refractivity contribution >= 4 is 23.4 Å². The molecule has 0 bridgehead atoms. The summed E-state index contributed by atoms with van der Waals surface area (Å²) in [5.41, 5.74) is 4.05. The summed E-state index contributed by atoms with van der Waals surface area (Å²) in [4.78, 5) is 0. The van der Waals surface area contributed by atoms with Gasteiger partial charge in [0.1, 0.15) is 22.8 Å². The molecule has 1 aromatic heterocycles. The summed E-state index contributed by atoms with van der Waals surface area (Å²) in [7, 11) is 1.60. The Morgan fingerprint density at radius 2 is 2.09 bits per heavy atom. The van der Waals surface area contributed by atoms with Gasteiger partial charge in [-0.15, -0.1) is 17.5 Å². The van der Waals surface area contributed by atoms with Gasteiger partial charge in [0.05, 0.1) is 12.6 Å². The Bertz CT molecular complexity index is 865. The Labute approximate surface area is 138 Å². The van der Waals surface area contributed by atoms with Crippen molar-refractivity contribution in [3.8, 4) is 11.4 Å². The lowest BCUT2D eigenvalue weighted by atomic mass is 10.00. The van der Waals surface area contributed by atoms with Crippen molar-refractivity contribution in [2.45, 2.75) is 13.0 Å². The van der Waals surface area contributed by atoms with E-state index in [0.29, 0.717) is 23.5 Å². The molecule has 1 aliphatic heterocycles. The molecule has 0 saturated carbocycles. The van der Waals surface area contributed by atoms with Crippen LogP contribution in [0.1, 0.15) is 11.1 Å². The van der Waals surface area contributed by atoms with Crippen LogP contribution in [0.25, 0.3) is 16.7 Å². The Kier molecular flexibility index (Phi) is 4.19. The monoisotopic (exact) mass is 334 g/mol. The molecule has 2 heterocycles. The van der Waals surface area contributed by atoms with Crippen LogP contribution in [0.15, 0.2) is 30.3 Å². The Hall–Kier alpha value is -2.18. The van der Waals surface area contributed by atoms with Gasteiger partial charge in [-0.2, -0.15) is 0 Å². The lowest BCUT2D eigenvalue weighted by Crippen LogP contribution is -2.24. The topological polar surface area (TPSA) is 52.0 Å². The normalized spacial score (nSPS) is 13.5. The SMILES string of the molecule is COc1ccc2c(c1)nnn2-c1cc2c(cc1F)CNCC2.Cl. The second-order valence-corrected chi connectivity index (χ2v) is 5.35. The van der Waals surface area contributed by atoms with Crippen molar-refractivity contribution in [3.05, 3.63) is 47.3 Å². The number of nitrogens with one attached hydrogen (secondary N) is 1. The molecule has 0 spiro atoms. The van der Waals surface area contributed by atoms with E-state index in [4.69, 9.17) is 4.74 Å².